The van der Waals surface area contributed by atoms with E-state index in [0.717, 1.165) is 0 Å². The summed E-state index contributed by atoms with van der Waals surface area (Å²) in [4.78, 5) is 143. The van der Waals surface area contributed by atoms with Gasteiger partial charge in [0, 0.05) is 76.5 Å². The van der Waals surface area contributed by atoms with Crippen molar-refractivity contribution in [2.75, 3.05) is 46.3 Å². The third kappa shape index (κ3) is 38.5. The Balaban J connectivity index is 5.32. The maximum Gasteiger partial charge on any atom is 0.408 e. The molecule has 17 N–H and O–H groups in total. The van der Waals surface area contributed by atoms with Crippen LogP contribution in [0.3, 0.4) is 0 Å². The van der Waals surface area contributed by atoms with E-state index in [1.165, 1.54) is 20.9 Å². The number of carbonyl (C=O) groups excluding carboxylic acids is 11. The number of nitrogens with one attached hydrogen (secondary N) is 17. The minimum absolute atomic E-state index is 0.0174. The molecule has 0 heterocycles. The van der Waals surface area contributed by atoms with Crippen LogP contribution in [0, 0.1) is 35.5 Å². The lowest BCUT2D eigenvalue weighted by atomic mass is 10.00. The van der Waals surface area contributed by atoms with Gasteiger partial charge in [-0.25, -0.2) is 33.6 Å². The fourth-order valence-corrected chi connectivity index (χ4v) is 8.40. The summed E-state index contributed by atoms with van der Waals surface area (Å²) in [5, 5.41) is 46.7. The van der Waals surface area contributed by atoms with Gasteiger partial charge in [0.05, 0.1) is 6.04 Å². The first-order chi connectivity index (χ1) is 40.3. The lowest BCUT2D eigenvalue weighted by Gasteiger charge is -2.28. The van der Waals surface area contributed by atoms with E-state index in [9.17, 15) is 52.7 Å². The third-order valence-corrected chi connectivity index (χ3v) is 13.1. The summed E-state index contributed by atoms with van der Waals surface area (Å²) < 4.78 is 5.23. The predicted molar refractivity (Wildman–Crippen MR) is 335 cm³/mol. The normalized spacial score (nSPS) is 14.9. The first-order valence-electron chi connectivity index (χ1n) is 30.7. The van der Waals surface area contributed by atoms with E-state index >= 15 is 0 Å². The SMILES string of the molecule is CNC(=O)NC[C@H](CC(C)C)NC(=O)NC[C@H](C)NC(=O)NC[C@@H](NC(=O)NC[C@H](CC(C)C)NC(=O)NC[C@H](C)NC(=O)NC[C@@H](NC(=O)[C@H](CC(C)C)NC(=O)C(C)NC(=O)[C@H](CC(C)C)NC(=O)[C@H](C)NC(=O)OC(C)(C)C)C(C)C)C(C)C. The molecule has 0 radical (unpaired) electrons. The van der Waals surface area contributed by atoms with Crippen molar-refractivity contribution in [3.8, 4) is 0 Å². The highest BCUT2D eigenvalue weighted by Crippen LogP contribution is 2.12. The van der Waals surface area contributed by atoms with Crippen LogP contribution < -0.4 is 90.4 Å². The monoisotopic (exact) mass is 1240 g/mol. The second-order valence-electron chi connectivity index (χ2n) is 25.9. The molecule has 29 heteroatoms. The minimum Gasteiger partial charge on any atom is -0.444 e. The van der Waals surface area contributed by atoms with Crippen molar-refractivity contribution in [3.05, 3.63) is 0 Å². The molecular formula is C58H113N17O12. The van der Waals surface area contributed by atoms with E-state index in [1.54, 1.807) is 34.6 Å². The van der Waals surface area contributed by atoms with Crippen LogP contribution in [-0.4, -0.2) is 178 Å². The summed E-state index contributed by atoms with van der Waals surface area (Å²) in [7, 11) is 1.50. The van der Waals surface area contributed by atoms with Crippen molar-refractivity contribution in [2.45, 2.75) is 223 Å². The lowest BCUT2D eigenvalue weighted by molar-refractivity contribution is -0.134. The van der Waals surface area contributed by atoms with Gasteiger partial charge in [-0.3, -0.25) is 19.2 Å². The molecule has 1 unspecified atom stereocenters. The summed E-state index contributed by atoms with van der Waals surface area (Å²) in [6.07, 6.45) is 0.846. The molecular weight excluding hydrogens is 1130 g/mol. The summed E-state index contributed by atoms with van der Waals surface area (Å²) in [6, 6.07) is -9.90. The molecule has 0 rings (SSSR count). The molecule has 0 aromatic carbocycles. The van der Waals surface area contributed by atoms with Crippen LogP contribution in [-0.2, 0) is 23.9 Å². The Hall–Kier alpha value is -7.23. The molecule has 29 nitrogen and oxygen atoms in total. The number of amides is 17. The maximum atomic E-state index is 13.8. The Morgan fingerprint density at radius 1 is 0.333 bits per heavy atom. The highest BCUT2D eigenvalue weighted by Gasteiger charge is 2.32. The molecule has 0 aliphatic rings. The first kappa shape index (κ1) is 79.8. The van der Waals surface area contributed by atoms with Gasteiger partial charge in [-0.15, -0.1) is 0 Å². The molecule has 0 aliphatic heterocycles. The van der Waals surface area contributed by atoms with Gasteiger partial charge >= 0.3 is 42.3 Å². The molecule has 0 bridgehead atoms. The summed E-state index contributed by atoms with van der Waals surface area (Å²) in [6.45, 7) is 35.0. The lowest BCUT2D eigenvalue weighted by Crippen LogP contribution is -2.59. The number of carbonyl (C=O) groups is 11. The van der Waals surface area contributed by atoms with Crippen LogP contribution in [0.15, 0.2) is 0 Å². The number of hydrogen-bond donors (Lipinski definition) is 17. The van der Waals surface area contributed by atoms with Crippen LogP contribution in [0.25, 0.3) is 0 Å². The first-order valence-corrected chi connectivity index (χ1v) is 30.7. The van der Waals surface area contributed by atoms with Gasteiger partial charge in [0.2, 0.25) is 23.6 Å². The van der Waals surface area contributed by atoms with Crippen molar-refractivity contribution in [1.29, 1.82) is 0 Å². The van der Waals surface area contributed by atoms with E-state index < -0.39 is 120 Å². The van der Waals surface area contributed by atoms with Gasteiger partial charge < -0.3 is 95.1 Å². The zero-order chi connectivity index (χ0) is 66.9. The highest BCUT2D eigenvalue weighted by atomic mass is 16.6. The Morgan fingerprint density at radius 2 is 0.655 bits per heavy atom. The van der Waals surface area contributed by atoms with Crippen molar-refractivity contribution in [3.63, 3.8) is 0 Å². The van der Waals surface area contributed by atoms with Gasteiger partial charge in [0.1, 0.15) is 29.8 Å². The molecule has 0 aliphatic carbocycles. The van der Waals surface area contributed by atoms with Gasteiger partial charge in [-0.2, -0.15) is 0 Å². The second kappa shape index (κ2) is 41.0. The van der Waals surface area contributed by atoms with Gasteiger partial charge in [-0.1, -0.05) is 83.1 Å². The second-order valence-corrected chi connectivity index (χ2v) is 25.9. The van der Waals surface area contributed by atoms with Gasteiger partial charge in [0.25, 0.3) is 0 Å². The Labute approximate surface area is 517 Å². The molecule has 0 spiro atoms. The van der Waals surface area contributed by atoms with Crippen LogP contribution >= 0.6 is 0 Å². The average Bonchev–Trinajstić information content (AvgIpc) is 3.61. The minimum atomic E-state index is -1.12. The molecule has 0 saturated carbocycles. The Bertz CT molecular complexity index is 2180. The molecule has 0 fully saturated rings. The number of rotatable bonds is 36. The quantitative estimate of drug-likeness (QED) is 0.0431. The zero-order valence-corrected chi connectivity index (χ0v) is 55.7. The maximum absolute atomic E-state index is 13.8. The van der Waals surface area contributed by atoms with E-state index in [2.05, 4.69) is 90.4 Å². The smallest absolute Gasteiger partial charge is 0.408 e. The highest BCUT2D eigenvalue weighted by molar-refractivity contribution is 5.95. The summed E-state index contributed by atoms with van der Waals surface area (Å²) in [5.41, 5.74) is -0.790. The van der Waals surface area contributed by atoms with Crippen LogP contribution in [0.1, 0.15) is 157 Å². The van der Waals surface area contributed by atoms with Crippen LogP contribution in [0.4, 0.5) is 33.6 Å². The van der Waals surface area contributed by atoms with E-state index in [1.807, 2.05) is 83.1 Å². The summed E-state index contributed by atoms with van der Waals surface area (Å²) >= 11 is 0. The largest absolute Gasteiger partial charge is 0.444 e. The number of urea groups is 6. The van der Waals surface area contributed by atoms with Gasteiger partial charge in [0.15, 0.2) is 0 Å². The Morgan fingerprint density at radius 3 is 1.02 bits per heavy atom. The standard InChI is InChI=1S/C58H113N17O12/c1-31(2)21-41(27-62-51(80)59-20)70-54(83)60-26-38(14)67-53(82)65-30-46(36(11)12)75-56(85)63-28-42(22-32(3)4)71-55(84)61-25-37(13)66-52(81)64-29-45(35(9)10)74-50(79)44(24-34(7)8)73-47(76)39(15)68-49(78)43(23-33(5)6)72-48(77)40(16)69-57(86)87-58(17,18)19/h31-46H,21-30H2,1-20H3,(H,68,78)(H,69,86)(H,72,77)(H,73,76)(H,74,79)(H2,59,62,80)(H2,60,70,83)(H2,61,71,84)(H2,63,75,85)(H2,64,66,81)(H2,65,67,82)/t37-,38-,39?,40-,41-,42-,43-,44-,45+,46+/m0/s1. The number of ether oxygens (including phenoxy) is 1. The van der Waals surface area contributed by atoms with E-state index in [4.69, 9.17) is 4.74 Å². The number of hydrogen-bond acceptors (Lipinski definition) is 12. The average molecular weight is 1240 g/mol. The fourth-order valence-electron chi connectivity index (χ4n) is 8.40. The zero-order valence-electron chi connectivity index (χ0n) is 55.7. The predicted octanol–water partition coefficient (Wildman–Crippen LogP) is 2.66. The van der Waals surface area contributed by atoms with Crippen LogP contribution in [0.5, 0.6) is 0 Å². The molecule has 0 aromatic heterocycles. The van der Waals surface area contributed by atoms with Crippen LogP contribution in [0.2, 0.25) is 0 Å². The van der Waals surface area contributed by atoms with Crippen molar-refractivity contribution >= 4 is 65.9 Å². The molecule has 17 amide bonds. The third-order valence-electron chi connectivity index (χ3n) is 13.1. The fraction of sp³-hybridized carbons (Fsp3) is 0.810. The molecule has 502 valence electrons. The molecule has 0 saturated heterocycles. The van der Waals surface area contributed by atoms with E-state index in [0.29, 0.717) is 12.8 Å². The van der Waals surface area contributed by atoms with Crippen molar-refractivity contribution < 1.29 is 57.5 Å². The summed E-state index contributed by atoms with van der Waals surface area (Å²) in [5.74, 6) is -2.30. The molecule has 10 atom stereocenters. The van der Waals surface area contributed by atoms with Crippen molar-refractivity contribution in [2.24, 2.45) is 35.5 Å². The Kier molecular flexibility index (Phi) is 37.6. The van der Waals surface area contributed by atoms with E-state index in [-0.39, 0.29) is 99.7 Å². The number of alkyl carbamates (subject to hydrolysis) is 1. The molecule has 0 aromatic rings. The van der Waals surface area contributed by atoms with Crippen molar-refractivity contribution in [1.82, 2.24) is 90.4 Å². The topological polar surface area (TPSA) is 402 Å². The molecule has 87 heavy (non-hydrogen) atoms. The van der Waals surface area contributed by atoms with Gasteiger partial charge in [-0.05, 0) is 110 Å².